The van der Waals surface area contributed by atoms with Crippen LogP contribution < -0.4 is 0 Å². The van der Waals surface area contributed by atoms with Gasteiger partial charge in [-0.25, -0.2) is 0 Å². The van der Waals surface area contributed by atoms with Crippen LogP contribution in [0.2, 0.25) is 0 Å². The monoisotopic (exact) mass is 210 g/mol. The number of hydrogen-bond acceptors (Lipinski definition) is 3. The van der Waals surface area contributed by atoms with Crippen molar-refractivity contribution in [2.45, 2.75) is 64.1 Å². The van der Waals surface area contributed by atoms with Crippen molar-refractivity contribution in [2.75, 3.05) is 6.54 Å². The lowest BCUT2D eigenvalue weighted by molar-refractivity contribution is 0.0695. The average molecular weight is 210 g/mol. The van der Waals surface area contributed by atoms with E-state index in [1.165, 1.54) is 12.8 Å². The zero-order valence-corrected chi connectivity index (χ0v) is 9.82. The quantitative estimate of drug-likeness (QED) is 0.771. The molecule has 0 aromatic rings. The number of hydrogen-bond donors (Lipinski definition) is 1. The normalized spacial score (nSPS) is 26.9. The molecule has 0 radical (unpaired) electrons. The Hall–Kier alpha value is -0.590. The van der Waals surface area contributed by atoms with Crippen molar-refractivity contribution < 1.29 is 5.11 Å². The first kappa shape index (κ1) is 12.5. The summed E-state index contributed by atoms with van der Waals surface area (Å²) in [6.45, 7) is 4.91. The number of aliphatic hydroxyl groups is 1. The van der Waals surface area contributed by atoms with Gasteiger partial charge in [0.2, 0.25) is 0 Å². The molecule has 1 saturated heterocycles. The van der Waals surface area contributed by atoms with Crippen LogP contribution in [-0.4, -0.2) is 34.7 Å². The van der Waals surface area contributed by atoms with Gasteiger partial charge in [-0.05, 0) is 39.2 Å². The van der Waals surface area contributed by atoms with E-state index in [9.17, 15) is 5.11 Å². The van der Waals surface area contributed by atoms with Gasteiger partial charge in [0.15, 0.2) is 0 Å². The summed E-state index contributed by atoms with van der Waals surface area (Å²) in [4.78, 5) is 2.29. The minimum absolute atomic E-state index is 0.0362. The van der Waals surface area contributed by atoms with Gasteiger partial charge in [0.05, 0.1) is 18.2 Å². The second-order valence-electron chi connectivity index (χ2n) is 4.53. The first-order chi connectivity index (χ1) is 7.19. The number of piperidine rings is 1. The van der Waals surface area contributed by atoms with E-state index in [1.807, 2.05) is 6.92 Å². The largest absolute Gasteiger partial charge is 0.393 e. The fourth-order valence-electron chi connectivity index (χ4n) is 2.48. The Morgan fingerprint density at radius 1 is 1.53 bits per heavy atom. The molecule has 1 rings (SSSR count). The summed E-state index contributed by atoms with van der Waals surface area (Å²) in [5.41, 5.74) is 0. The van der Waals surface area contributed by atoms with Gasteiger partial charge in [-0.3, -0.25) is 4.90 Å². The molecule has 86 valence electrons. The minimum atomic E-state index is -0.258. The highest BCUT2D eigenvalue weighted by Gasteiger charge is 2.28. The summed E-state index contributed by atoms with van der Waals surface area (Å²) in [6, 6.07) is 2.81. The number of aliphatic hydroxyl groups excluding tert-OH is 1. The highest BCUT2D eigenvalue weighted by Crippen LogP contribution is 2.24. The highest BCUT2D eigenvalue weighted by molar-refractivity contribution is 4.95. The lowest BCUT2D eigenvalue weighted by atomic mass is 9.95. The van der Waals surface area contributed by atoms with Gasteiger partial charge in [-0.15, -0.1) is 0 Å². The molecule has 0 spiro atoms. The van der Waals surface area contributed by atoms with Crippen LogP contribution in [-0.2, 0) is 0 Å². The molecule has 1 N–H and O–H groups in total. The summed E-state index contributed by atoms with van der Waals surface area (Å²) < 4.78 is 0. The van der Waals surface area contributed by atoms with Gasteiger partial charge in [0, 0.05) is 6.04 Å². The van der Waals surface area contributed by atoms with Gasteiger partial charge in [-0.2, -0.15) is 5.26 Å². The fraction of sp³-hybridized carbons (Fsp3) is 0.917. The highest BCUT2D eigenvalue weighted by atomic mass is 16.3. The predicted octanol–water partition coefficient (Wildman–Crippen LogP) is 1.91. The number of rotatable bonds is 4. The third-order valence-corrected chi connectivity index (χ3v) is 3.22. The molecular formula is C12H22N2O. The second kappa shape index (κ2) is 6.09. The minimum Gasteiger partial charge on any atom is -0.393 e. The molecule has 3 unspecified atom stereocenters. The molecule has 1 aliphatic heterocycles. The second-order valence-corrected chi connectivity index (χ2v) is 4.53. The van der Waals surface area contributed by atoms with Crippen LogP contribution in [0.3, 0.4) is 0 Å². The van der Waals surface area contributed by atoms with Gasteiger partial charge < -0.3 is 5.11 Å². The Labute approximate surface area is 92.7 Å². The first-order valence-electron chi connectivity index (χ1n) is 6.02. The maximum Gasteiger partial charge on any atom is 0.0977 e. The maximum absolute atomic E-state index is 9.44. The van der Waals surface area contributed by atoms with Crippen molar-refractivity contribution >= 4 is 0 Å². The molecule has 3 heteroatoms. The first-order valence-corrected chi connectivity index (χ1v) is 6.02. The maximum atomic E-state index is 9.44. The van der Waals surface area contributed by atoms with Crippen LogP contribution in [0, 0.1) is 11.3 Å². The summed E-state index contributed by atoms with van der Waals surface area (Å²) in [6.07, 6.45) is 4.98. The Balaban J connectivity index is 2.60. The lowest BCUT2D eigenvalue weighted by Gasteiger charge is -2.38. The Morgan fingerprint density at radius 3 is 2.80 bits per heavy atom. The molecule has 0 bridgehead atoms. The molecule has 1 aliphatic rings. The van der Waals surface area contributed by atoms with Crippen molar-refractivity contribution in [3.05, 3.63) is 0 Å². The van der Waals surface area contributed by atoms with E-state index in [2.05, 4.69) is 17.9 Å². The van der Waals surface area contributed by atoms with Crippen molar-refractivity contribution in [1.29, 1.82) is 5.26 Å². The zero-order chi connectivity index (χ0) is 11.3. The molecule has 15 heavy (non-hydrogen) atoms. The molecule has 0 aromatic heterocycles. The van der Waals surface area contributed by atoms with Crippen molar-refractivity contribution in [3.8, 4) is 6.07 Å². The summed E-state index contributed by atoms with van der Waals surface area (Å²) in [5, 5.41) is 18.5. The number of nitrogens with zero attached hydrogens (tertiary/aromatic N) is 2. The molecule has 0 amide bonds. The van der Waals surface area contributed by atoms with E-state index in [1.54, 1.807) is 0 Å². The Kier molecular flexibility index (Phi) is 5.07. The van der Waals surface area contributed by atoms with Crippen LogP contribution in [0.4, 0.5) is 0 Å². The standard InChI is InChI=1S/C12H22N2O/c1-3-11(9-13)14-7-5-4-6-12(14)8-10(2)15/h10-12,15H,3-8H2,1-2H3. The smallest absolute Gasteiger partial charge is 0.0977 e. The molecule has 1 heterocycles. The van der Waals surface area contributed by atoms with E-state index in [0.717, 1.165) is 25.8 Å². The molecular weight excluding hydrogens is 188 g/mol. The summed E-state index contributed by atoms with van der Waals surface area (Å²) in [7, 11) is 0. The van der Waals surface area contributed by atoms with Crippen LogP contribution in [0.25, 0.3) is 0 Å². The Morgan fingerprint density at radius 2 is 2.27 bits per heavy atom. The van der Waals surface area contributed by atoms with Crippen molar-refractivity contribution in [1.82, 2.24) is 4.90 Å². The van der Waals surface area contributed by atoms with Crippen LogP contribution in [0.15, 0.2) is 0 Å². The van der Waals surface area contributed by atoms with Gasteiger partial charge in [0.25, 0.3) is 0 Å². The molecule has 0 saturated carbocycles. The average Bonchev–Trinajstić information content (AvgIpc) is 2.21. The van der Waals surface area contributed by atoms with Gasteiger partial charge >= 0.3 is 0 Å². The SMILES string of the molecule is CCC(C#N)N1CCCCC1CC(C)O. The van der Waals surface area contributed by atoms with Crippen LogP contribution >= 0.6 is 0 Å². The number of likely N-dealkylation sites (tertiary alicyclic amines) is 1. The fourth-order valence-corrected chi connectivity index (χ4v) is 2.48. The zero-order valence-electron chi connectivity index (χ0n) is 9.82. The molecule has 3 atom stereocenters. The van der Waals surface area contributed by atoms with Crippen LogP contribution in [0.5, 0.6) is 0 Å². The van der Waals surface area contributed by atoms with Crippen molar-refractivity contribution in [3.63, 3.8) is 0 Å². The summed E-state index contributed by atoms with van der Waals surface area (Å²) >= 11 is 0. The van der Waals surface area contributed by atoms with Gasteiger partial charge in [0.1, 0.15) is 0 Å². The summed E-state index contributed by atoms with van der Waals surface area (Å²) in [5.74, 6) is 0. The number of nitriles is 1. The third-order valence-electron chi connectivity index (χ3n) is 3.22. The van der Waals surface area contributed by atoms with E-state index < -0.39 is 0 Å². The third kappa shape index (κ3) is 3.48. The van der Waals surface area contributed by atoms with E-state index >= 15 is 0 Å². The molecule has 3 nitrogen and oxygen atoms in total. The van der Waals surface area contributed by atoms with Crippen molar-refractivity contribution in [2.24, 2.45) is 0 Å². The van der Waals surface area contributed by atoms with E-state index in [0.29, 0.717) is 6.04 Å². The lowest BCUT2D eigenvalue weighted by Crippen LogP contribution is -2.46. The topological polar surface area (TPSA) is 47.3 Å². The molecule has 0 aromatic carbocycles. The molecule has 1 fully saturated rings. The molecule has 0 aliphatic carbocycles. The van der Waals surface area contributed by atoms with Gasteiger partial charge in [-0.1, -0.05) is 13.3 Å². The van der Waals surface area contributed by atoms with Crippen LogP contribution in [0.1, 0.15) is 46.0 Å². The van der Waals surface area contributed by atoms with E-state index in [4.69, 9.17) is 5.26 Å². The predicted molar refractivity (Wildman–Crippen MR) is 60.3 cm³/mol. The Bertz CT molecular complexity index is 222. The van der Waals surface area contributed by atoms with E-state index in [-0.39, 0.29) is 12.1 Å².